The molecule has 2 aromatic carbocycles. The lowest BCUT2D eigenvalue weighted by molar-refractivity contribution is 0.00185. The maximum Gasteiger partial charge on any atom is 0.250 e. The summed E-state index contributed by atoms with van der Waals surface area (Å²) in [5, 5.41) is 1.33. The SMILES string of the molecule is COc1c(O[Si](C)(C)C(C)(C)C)c(C)c2c(OC)c3c(c(OC)c2c1OC)[C@@H](C)O[C@@H](C)C3=O. The van der Waals surface area contributed by atoms with E-state index in [-0.39, 0.29) is 16.9 Å². The maximum atomic E-state index is 13.3. The Kier molecular flexibility index (Phi) is 6.90. The molecule has 8 heteroatoms. The quantitative estimate of drug-likeness (QED) is 0.445. The molecule has 0 N–H and O–H groups in total. The number of hydrogen-bond acceptors (Lipinski definition) is 7. The van der Waals surface area contributed by atoms with Crippen molar-refractivity contribution >= 4 is 24.9 Å². The predicted molar refractivity (Wildman–Crippen MR) is 136 cm³/mol. The zero-order valence-electron chi connectivity index (χ0n) is 22.5. The average molecular weight is 491 g/mol. The van der Waals surface area contributed by atoms with E-state index in [0.717, 1.165) is 5.56 Å². The number of ether oxygens (including phenoxy) is 5. The second-order valence-corrected chi connectivity index (χ2v) is 15.0. The monoisotopic (exact) mass is 490 g/mol. The normalized spacial score (nSPS) is 18.5. The van der Waals surface area contributed by atoms with E-state index in [1.807, 2.05) is 13.8 Å². The highest BCUT2D eigenvalue weighted by Crippen LogP contribution is 2.57. The lowest BCUT2D eigenvalue weighted by atomic mass is 9.86. The lowest BCUT2D eigenvalue weighted by Crippen LogP contribution is -2.44. The third-order valence-corrected chi connectivity index (χ3v) is 11.5. The number of benzene rings is 2. The molecule has 0 bridgehead atoms. The molecule has 34 heavy (non-hydrogen) atoms. The zero-order chi connectivity index (χ0) is 25.7. The van der Waals surface area contributed by atoms with Crippen molar-refractivity contribution in [1.29, 1.82) is 0 Å². The van der Waals surface area contributed by atoms with Crippen LogP contribution in [0.15, 0.2) is 0 Å². The van der Waals surface area contributed by atoms with Crippen LogP contribution in [-0.2, 0) is 4.74 Å². The van der Waals surface area contributed by atoms with Crippen LogP contribution in [0.3, 0.4) is 0 Å². The van der Waals surface area contributed by atoms with Crippen LogP contribution in [0.1, 0.15) is 62.2 Å². The van der Waals surface area contributed by atoms with E-state index in [9.17, 15) is 4.79 Å². The minimum atomic E-state index is -2.26. The van der Waals surface area contributed by atoms with Crippen molar-refractivity contribution in [2.24, 2.45) is 0 Å². The number of rotatable bonds is 6. The summed E-state index contributed by atoms with van der Waals surface area (Å²) in [6, 6.07) is 0. The van der Waals surface area contributed by atoms with Gasteiger partial charge in [-0.1, -0.05) is 20.8 Å². The first-order valence-electron chi connectivity index (χ1n) is 11.5. The van der Waals surface area contributed by atoms with E-state index in [0.29, 0.717) is 50.6 Å². The number of methoxy groups -OCH3 is 4. The number of hydrogen-bond donors (Lipinski definition) is 0. The Hall–Kier alpha value is -2.45. The van der Waals surface area contributed by atoms with Gasteiger partial charge in [0.2, 0.25) is 5.75 Å². The van der Waals surface area contributed by atoms with Crippen molar-refractivity contribution in [3.8, 4) is 28.7 Å². The number of Topliss-reactive ketones (excluding diaryl/α,β-unsaturated/α-hetero) is 1. The van der Waals surface area contributed by atoms with Crippen LogP contribution in [0.2, 0.25) is 18.1 Å². The highest BCUT2D eigenvalue weighted by molar-refractivity contribution is 6.74. The molecule has 0 saturated carbocycles. The van der Waals surface area contributed by atoms with Crippen LogP contribution in [-0.4, -0.2) is 48.6 Å². The summed E-state index contributed by atoms with van der Waals surface area (Å²) < 4.78 is 36.3. The summed E-state index contributed by atoms with van der Waals surface area (Å²) >= 11 is 0. The molecule has 1 aliphatic rings. The molecule has 0 amide bonds. The summed E-state index contributed by atoms with van der Waals surface area (Å²) in [5.74, 6) is 2.38. The highest BCUT2D eigenvalue weighted by atomic mass is 28.4. The van der Waals surface area contributed by atoms with E-state index in [2.05, 4.69) is 33.9 Å². The molecule has 3 rings (SSSR count). The van der Waals surface area contributed by atoms with Gasteiger partial charge in [-0.15, -0.1) is 0 Å². The van der Waals surface area contributed by atoms with Gasteiger partial charge in [0, 0.05) is 16.5 Å². The molecule has 2 atom stereocenters. The summed E-state index contributed by atoms with van der Waals surface area (Å²) in [6.45, 7) is 16.5. The van der Waals surface area contributed by atoms with Crippen molar-refractivity contribution in [2.75, 3.05) is 28.4 Å². The molecule has 7 nitrogen and oxygen atoms in total. The largest absolute Gasteiger partial charge is 0.541 e. The molecular formula is C26H38O7Si. The van der Waals surface area contributed by atoms with Crippen molar-refractivity contribution in [2.45, 2.75) is 71.9 Å². The minimum Gasteiger partial charge on any atom is -0.541 e. The molecule has 0 aliphatic carbocycles. The molecule has 0 radical (unpaired) electrons. The Labute approximate surface area is 203 Å². The van der Waals surface area contributed by atoms with Gasteiger partial charge in [-0.3, -0.25) is 4.79 Å². The lowest BCUT2D eigenvalue weighted by Gasteiger charge is -2.38. The minimum absolute atomic E-state index is 0.0392. The fraction of sp³-hybridized carbons (Fsp3) is 0.577. The van der Waals surface area contributed by atoms with Gasteiger partial charge < -0.3 is 28.1 Å². The van der Waals surface area contributed by atoms with Crippen LogP contribution >= 0.6 is 0 Å². The summed E-state index contributed by atoms with van der Waals surface area (Å²) in [7, 11) is 4.08. The summed E-state index contributed by atoms with van der Waals surface area (Å²) in [5.41, 5.74) is 1.93. The fourth-order valence-corrected chi connectivity index (χ4v) is 5.46. The molecule has 2 aromatic rings. The van der Waals surface area contributed by atoms with Crippen molar-refractivity contribution in [1.82, 2.24) is 0 Å². The first-order chi connectivity index (χ1) is 15.8. The number of ketones is 1. The van der Waals surface area contributed by atoms with E-state index in [4.69, 9.17) is 28.1 Å². The van der Waals surface area contributed by atoms with E-state index in [1.165, 1.54) is 0 Å². The first kappa shape index (κ1) is 26.2. The molecule has 0 spiro atoms. The van der Waals surface area contributed by atoms with Gasteiger partial charge >= 0.3 is 0 Å². The van der Waals surface area contributed by atoms with Gasteiger partial charge in [-0.25, -0.2) is 0 Å². The Balaban J connectivity index is 2.59. The van der Waals surface area contributed by atoms with Gasteiger partial charge in [0.15, 0.2) is 17.3 Å². The van der Waals surface area contributed by atoms with Gasteiger partial charge in [-0.05, 0) is 38.9 Å². The molecule has 0 unspecified atom stereocenters. The van der Waals surface area contributed by atoms with Crippen molar-refractivity contribution in [3.63, 3.8) is 0 Å². The zero-order valence-corrected chi connectivity index (χ0v) is 23.5. The number of carbonyl (C=O) groups excluding carboxylic acids is 1. The Morgan fingerprint density at radius 1 is 0.765 bits per heavy atom. The maximum absolute atomic E-state index is 13.3. The standard InChI is InChI=1S/C26H38O7Si/c1-13-16-19(24(30-9)25(31-10)21(13)33-34(11,12)26(4,5)6)23(29-8)17-14(2)32-15(3)20(27)18(17)22(16)28-7/h14-15H,1-12H3/t14-,15+/m1/s1. The fourth-order valence-electron chi connectivity index (χ4n) is 4.40. The summed E-state index contributed by atoms with van der Waals surface area (Å²) in [6.07, 6.45) is -0.975. The van der Waals surface area contributed by atoms with E-state index >= 15 is 0 Å². The first-order valence-corrected chi connectivity index (χ1v) is 14.4. The third-order valence-electron chi connectivity index (χ3n) is 7.21. The van der Waals surface area contributed by atoms with Crippen molar-refractivity contribution in [3.05, 3.63) is 16.7 Å². The molecule has 0 aromatic heterocycles. The topological polar surface area (TPSA) is 72.5 Å². The number of fused-ring (bicyclic) bond motifs is 2. The van der Waals surface area contributed by atoms with Crippen LogP contribution in [0.4, 0.5) is 0 Å². The Bertz CT molecular complexity index is 1130. The Morgan fingerprint density at radius 2 is 1.29 bits per heavy atom. The van der Waals surface area contributed by atoms with Gasteiger partial charge in [0.1, 0.15) is 17.6 Å². The summed E-state index contributed by atoms with van der Waals surface area (Å²) in [4.78, 5) is 13.3. The molecule has 188 valence electrons. The predicted octanol–water partition coefficient (Wildman–Crippen LogP) is 6.23. The van der Waals surface area contributed by atoms with Crippen molar-refractivity contribution < 1.29 is 32.9 Å². The van der Waals surface area contributed by atoms with Crippen LogP contribution in [0.25, 0.3) is 10.8 Å². The molecule has 1 heterocycles. The molecular weight excluding hydrogens is 452 g/mol. The van der Waals surface area contributed by atoms with Crippen LogP contribution in [0, 0.1) is 6.92 Å². The van der Waals surface area contributed by atoms with Gasteiger partial charge in [-0.2, -0.15) is 0 Å². The van der Waals surface area contributed by atoms with Crippen LogP contribution in [0.5, 0.6) is 28.7 Å². The molecule has 1 aliphatic heterocycles. The smallest absolute Gasteiger partial charge is 0.250 e. The molecule has 0 fully saturated rings. The van der Waals surface area contributed by atoms with Gasteiger partial charge in [0.05, 0.1) is 45.5 Å². The Morgan fingerprint density at radius 3 is 1.76 bits per heavy atom. The van der Waals surface area contributed by atoms with E-state index < -0.39 is 14.4 Å². The average Bonchev–Trinajstić information content (AvgIpc) is 2.76. The number of aryl methyl sites for hydroxylation is 1. The second-order valence-electron chi connectivity index (χ2n) is 10.3. The molecule has 0 saturated heterocycles. The highest BCUT2D eigenvalue weighted by Gasteiger charge is 2.43. The second kappa shape index (κ2) is 8.96. The van der Waals surface area contributed by atoms with Crippen LogP contribution < -0.4 is 23.4 Å². The van der Waals surface area contributed by atoms with Gasteiger partial charge in [0.25, 0.3) is 8.32 Å². The number of carbonyl (C=O) groups is 1. The van der Waals surface area contributed by atoms with E-state index in [1.54, 1.807) is 35.4 Å². The third kappa shape index (κ3) is 3.81.